The molecule has 1 N–H and O–H groups in total. The van der Waals surface area contributed by atoms with Crippen molar-refractivity contribution in [2.45, 2.75) is 45.8 Å². The topological polar surface area (TPSA) is 39.1 Å². The summed E-state index contributed by atoms with van der Waals surface area (Å²) in [6.45, 7) is 7.31. The van der Waals surface area contributed by atoms with E-state index < -0.39 is 0 Å². The summed E-state index contributed by atoms with van der Waals surface area (Å²) in [7, 11) is 2.01. The van der Waals surface area contributed by atoms with E-state index in [2.05, 4.69) is 49.4 Å². The highest BCUT2D eigenvalue weighted by Crippen LogP contribution is 2.29. The lowest BCUT2D eigenvalue weighted by atomic mass is 10.0. The second-order valence-electron chi connectivity index (χ2n) is 6.13. The Morgan fingerprint density at radius 3 is 2.77 bits per heavy atom. The SMILES string of the molecule is CC[C@H](NC[C@@H]1Cc2ccccc2O1)c1c(C)nn(C)c1C. The fourth-order valence-corrected chi connectivity index (χ4v) is 3.39. The number of aromatic nitrogens is 2. The molecule has 1 aromatic carbocycles. The normalized spacial score (nSPS) is 18.1. The van der Waals surface area contributed by atoms with Gasteiger partial charge in [0.2, 0.25) is 0 Å². The molecule has 0 saturated heterocycles. The standard InChI is InChI=1S/C18H25N3O/c1-5-16(18-12(2)20-21(4)13(18)3)19-11-15-10-14-8-6-7-9-17(14)22-15/h6-9,15-16,19H,5,10-11H2,1-4H3/t15-,16-/m0/s1. The van der Waals surface area contributed by atoms with Crippen molar-refractivity contribution in [3.63, 3.8) is 0 Å². The zero-order valence-electron chi connectivity index (χ0n) is 13.9. The Labute approximate surface area is 132 Å². The van der Waals surface area contributed by atoms with Gasteiger partial charge in [0.05, 0.1) is 5.69 Å². The maximum absolute atomic E-state index is 6.02. The molecule has 1 aliphatic heterocycles. The predicted octanol–water partition coefficient (Wildman–Crippen LogP) is 3.08. The quantitative estimate of drug-likeness (QED) is 0.922. The number of hydrogen-bond acceptors (Lipinski definition) is 3. The molecule has 0 aliphatic carbocycles. The van der Waals surface area contributed by atoms with Crippen molar-refractivity contribution in [2.75, 3.05) is 6.54 Å². The summed E-state index contributed by atoms with van der Waals surface area (Å²) in [4.78, 5) is 0. The van der Waals surface area contributed by atoms with Gasteiger partial charge in [0, 0.05) is 37.3 Å². The van der Waals surface area contributed by atoms with Crippen LogP contribution in [0.2, 0.25) is 0 Å². The predicted molar refractivity (Wildman–Crippen MR) is 88.3 cm³/mol. The van der Waals surface area contributed by atoms with E-state index in [0.29, 0.717) is 6.04 Å². The number of hydrogen-bond donors (Lipinski definition) is 1. The van der Waals surface area contributed by atoms with Crippen LogP contribution in [0, 0.1) is 13.8 Å². The number of nitrogens with zero attached hydrogens (tertiary/aromatic N) is 2. The summed E-state index contributed by atoms with van der Waals surface area (Å²) < 4.78 is 7.99. The van der Waals surface area contributed by atoms with Crippen LogP contribution in [0.25, 0.3) is 0 Å². The Hall–Kier alpha value is -1.81. The number of benzene rings is 1. The van der Waals surface area contributed by atoms with Gasteiger partial charge in [0.25, 0.3) is 0 Å². The molecule has 4 heteroatoms. The van der Waals surface area contributed by atoms with Gasteiger partial charge in [-0.25, -0.2) is 0 Å². The number of aryl methyl sites for hydroxylation is 2. The zero-order valence-corrected chi connectivity index (χ0v) is 13.9. The van der Waals surface area contributed by atoms with E-state index in [-0.39, 0.29) is 6.10 Å². The van der Waals surface area contributed by atoms with E-state index in [1.807, 2.05) is 17.8 Å². The largest absolute Gasteiger partial charge is 0.488 e. The number of para-hydroxylation sites is 1. The van der Waals surface area contributed by atoms with E-state index in [4.69, 9.17) is 4.74 Å². The number of ether oxygens (including phenoxy) is 1. The summed E-state index contributed by atoms with van der Waals surface area (Å²) in [5, 5.41) is 8.22. The summed E-state index contributed by atoms with van der Waals surface area (Å²) in [5.41, 5.74) is 5.01. The van der Waals surface area contributed by atoms with Gasteiger partial charge in [-0.15, -0.1) is 0 Å². The van der Waals surface area contributed by atoms with Crippen LogP contribution in [-0.2, 0) is 13.5 Å². The highest BCUT2D eigenvalue weighted by molar-refractivity contribution is 5.37. The minimum absolute atomic E-state index is 0.226. The van der Waals surface area contributed by atoms with Crippen molar-refractivity contribution in [2.24, 2.45) is 7.05 Å². The second-order valence-corrected chi connectivity index (χ2v) is 6.13. The van der Waals surface area contributed by atoms with Crippen LogP contribution in [0.1, 0.15) is 41.9 Å². The first-order chi connectivity index (χ1) is 10.6. The third-order valence-electron chi connectivity index (χ3n) is 4.63. The summed E-state index contributed by atoms with van der Waals surface area (Å²) in [6.07, 6.45) is 2.27. The molecule has 2 atom stereocenters. The van der Waals surface area contributed by atoms with Crippen LogP contribution in [0.5, 0.6) is 5.75 Å². The van der Waals surface area contributed by atoms with Gasteiger partial charge in [-0.2, -0.15) is 5.10 Å². The van der Waals surface area contributed by atoms with E-state index in [1.54, 1.807) is 0 Å². The fourth-order valence-electron chi connectivity index (χ4n) is 3.39. The smallest absolute Gasteiger partial charge is 0.123 e. The summed E-state index contributed by atoms with van der Waals surface area (Å²) >= 11 is 0. The van der Waals surface area contributed by atoms with Crippen LogP contribution < -0.4 is 10.1 Å². The molecule has 0 bridgehead atoms. The number of fused-ring (bicyclic) bond motifs is 1. The maximum Gasteiger partial charge on any atom is 0.123 e. The Kier molecular flexibility index (Phi) is 4.21. The Balaban J connectivity index is 1.65. The van der Waals surface area contributed by atoms with Crippen LogP contribution >= 0.6 is 0 Å². The minimum atomic E-state index is 0.226. The molecule has 2 aromatic rings. The third-order valence-corrected chi connectivity index (χ3v) is 4.63. The van der Waals surface area contributed by atoms with Crippen LogP contribution in [0.3, 0.4) is 0 Å². The Bertz CT molecular complexity index is 637. The van der Waals surface area contributed by atoms with Crippen LogP contribution in [0.15, 0.2) is 24.3 Å². The third kappa shape index (κ3) is 2.75. The van der Waals surface area contributed by atoms with Gasteiger partial charge in [0.15, 0.2) is 0 Å². The molecule has 4 nitrogen and oxygen atoms in total. The second kappa shape index (κ2) is 6.13. The number of rotatable bonds is 5. The highest BCUT2D eigenvalue weighted by Gasteiger charge is 2.24. The fraction of sp³-hybridized carbons (Fsp3) is 0.500. The van der Waals surface area contributed by atoms with Gasteiger partial charge in [0.1, 0.15) is 11.9 Å². The van der Waals surface area contributed by atoms with E-state index in [0.717, 1.165) is 30.8 Å². The van der Waals surface area contributed by atoms with Crippen LogP contribution in [-0.4, -0.2) is 22.4 Å². The average molecular weight is 299 g/mol. The monoisotopic (exact) mass is 299 g/mol. The van der Waals surface area contributed by atoms with Crippen molar-refractivity contribution in [1.29, 1.82) is 0 Å². The molecule has 2 heterocycles. The average Bonchev–Trinajstić information content (AvgIpc) is 3.03. The maximum atomic E-state index is 6.02. The molecule has 0 saturated carbocycles. The van der Waals surface area contributed by atoms with Crippen LogP contribution in [0.4, 0.5) is 0 Å². The van der Waals surface area contributed by atoms with Gasteiger partial charge >= 0.3 is 0 Å². The molecule has 0 amide bonds. The molecular weight excluding hydrogens is 274 g/mol. The molecule has 1 aromatic heterocycles. The highest BCUT2D eigenvalue weighted by atomic mass is 16.5. The lowest BCUT2D eigenvalue weighted by molar-refractivity contribution is 0.220. The van der Waals surface area contributed by atoms with Crippen molar-refractivity contribution >= 4 is 0 Å². The first-order valence-electron chi connectivity index (χ1n) is 8.08. The molecule has 3 rings (SSSR count). The first kappa shape index (κ1) is 15.1. The molecule has 0 radical (unpaired) electrons. The van der Waals surface area contributed by atoms with E-state index in [9.17, 15) is 0 Å². The van der Waals surface area contributed by atoms with Crippen molar-refractivity contribution in [3.8, 4) is 5.75 Å². The molecule has 0 unspecified atom stereocenters. The van der Waals surface area contributed by atoms with Gasteiger partial charge in [-0.3, -0.25) is 4.68 Å². The van der Waals surface area contributed by atoms with E-state index in [1.165, 1.54) is 16.8 Å². The minimum Gasteiger partial charge on any atom is -0.488 e. The molecular formula is C18H25N3O. The first-order valence-corrected chi connectivity index (χ1v) is 8.08. The lowest BCUT2D eigenvalue weighted by Gasteiger charge is -2.20. The molecule has 0 spiro atoms. The summed E-state index contributed by atoms with van der Waals surface area (Å²) in [5.74, 6) is 1.04. The molecule has 22 heavy (non-hydrogen) atoms. The zero-order chi connectivity index (χ0) is 15.7. The molecule has 0 fully saturated rings. The summed E-state index contributed by atoms with van der Waals surface area (Å²) in [6, 6.07) is 8.66. The van der Waals surface area contributed by atoms with E-state index >= 15 is 0 Å². The van der Waals surface area contributed by atoms with Gasteiger partial charge < -0.3 is 10.1 Å². The number of nitrogens with one attached hydrogen (secondary N) is 1. The Morgan fingerprint density at radius 2 is 2.14 bits per heavy atom. The Morgan fingerprint density at radius 1 is 1.36 bits per heavy atom. The molecule has 118 valence electrons. The van der Waals surface area contributed by atoms with Crippen molar-refractivity contribution in [1.82, 2.24) is 15.1 Å². The van der Waals surface area contributed by atoms with Gasteiger partial charge in [-0.05, 0) is 31.9 Å². The molecule has 1 aliphatic rings. The lowest BCUT2D eigenvalue weighted by Crippen LogP contribution is -2.33. The van der Waals surface area contributed by atoms with Crippen molar-refractivity contribution < 1.29 is 4.74 Å². The van der Waals surface area contributed by atoms with Gasteiger partial charge in [-0.1, -0.05) is 25.1 Å². The van der Waals surface area contributed by atoms with Crippen molar-refractivity contribution in [3.05, 3.63) is 46.8 Å².